The van der Waals surface area contributed by atoms with E-state index >= 15 is 0 Å². The Balaban J connectivity index is 2.00. The number of hydrogen-bond donors (Lipinski definition) is 0. The summed E-state index contributed by atoms with van der Waals surface area (Å²) in [4.78, 5) is 1.43. The summed E-state index contributed by atoms with van der Waals surface area (Å²) in [5, 5.41) is 3.15. The molecule has 1 atom stereocenters. The summed E-state index contributed by atoms with van der Waals surface area (Å²) in [6.45, 7) is 0. The molecule has 102 valence electrons. The van der Waals surface area contributed by atoms with Crippen molar-refractivity contribution in [3.63, 3.8) is 0 Å². The maximum absolute atomic E-state index is 5.19. The van der Waals surface area contributed by atoms with Gasteiger partial charge in [0.05, 0.1) is 7.11 Å². The van der Waals surface area contributed by atoms with Crippen LogP contribution < -0.4 is 4.74 Å². The third kappa shape index (κ3) is 4.33. The van der Waals surface area contributed by atoms with Crippen LogP contribution in [0.4, 0.5) is 0 Å². The first-order chi connectivity index (χ1) is 9.22. The SMILES string of the molecule is COc1ccc(CC(CBr)Cc2sccc2Br)cc1. The van der Waals surface area contributed by atoms with Crippen molar-refractivity contribution in [1.29, 1.82) is 0 Å². The first kappa shape index (κ1) is 15.1. The number of alkyl halides is 1. The van der Waals surface area contributed by atoms with Gasteiger partial charge in [0.25, 0.3) is 0 Å². The molecule has 0 saturated heterocycles. The molecule has 0 aliphatic rings. The molecule has 1 aromatic carbocycles. The first-order valence-corrected chi connectivity index (χ1v) is 8.93. The predicted molar refractivity (Wildman–Crippen MR) is 89.7 cm³/mol. The first-order valence-electron chi connectivity index (χ1n) is 6.13. The number of halogens is 2. The van der Waals surface area contributed by atoms with Crippen LogP contribution in [0, 0.1) is 5.92 Å². The van der Waals surface area contributed by atoms with Crippen molar-refractivity contribution in [1.82, 2.24) is 0 Å². The lowest BCUT2D eigenvalue weighted by Crippen LogP contribution is -2.09. The molecular weight excluding hydrogens is 388 g/mol. The van der Waals surface area contributed by atoms with E-state index in [0.29, 0.717) is 5.92 Å². The Labute approximate surface area is 135 Å². The van der Waals surface area contributed by atoms with Crippen LogP contribution in [0.3, 0.4) is 0 Å². The normalized spacial score (nSPS) is 12.4. The summed E-state index contributed by atoms with van der Waals surface area (Å²) in [5.41, 5.74) is 1.36. The minimum atomic E-state index is 0.614. The number of methoxy groups -OCH3 is 1. The highest BCUT2D eigenvalue weighted by Crippen LogP contribution is 2.27. The average molecular weight is 404 g/mol. The quantitative estimate of drug-likeness (QED) is 0.593. The second-order valence-corrected chi connectivity index (χ2v) is 6.97. The van der Waals surface area contributed by atoms with Gasteiger partial charge in [-0.05, 0) is 63.8 Å². The van der Waals surface area contributed by atoms with Gasteiger partial charge < -0.3 is 4.74 Å². The number of thiophene rings is 1. The van der Waals surface area contributed by atoms with E-state index in [2.05, 4.69) is 55.4 Å². The zero-order chi connectivity index (χ0) is 13.7. The van der Waals surface area contributed by atoms with E-state index in [1.807, 2.05) is 23.5 Å². The van der Waals surface area contributed by atoms with Gasteiger partial charge in [0.15, 0.2) is 0 Å². The van der Waals surface area contributed by atoms with Crippen LogP contribution in [0.15, 0.2) is 40.2 Å². The molecule has 2 aromatic rings. The standard InChI is InChI=1S/C15H16Br2OS/c1-18-13-4-2-11(3-5-13)8-12(10-16)9-15-14(17)6-7-19-15/h2-7,12H,8-10H2,1H3. The van der Waals surface area contributed by atoms with E-state index < -0.39 is 0 Å². The van der Waals surface area contributed by atoms with Crippen LogP contribution in [0.1, 0.15) is 10.4 Å². The Morgan fingerprint density at radius 2 is 1.89 bits per heavy atom. The van der Waals surface area contributed by atoms with Gasteiger partial charge in [-0.15, -0.1) is 11.3 Å². The molecule has 0 N–H and O–H groups in total. The molecule has 1 nitrogen and oxygen atoms in total. The van der Waals surface area contributed by atoms with Crippen molar-refractivity contribution < 1.29 is 4.74 Å². The molecule has 1 unspecified atom stereocenters. The van der Waals surface area contributed by atoms with Gasteiger partial charge in [-0.1, -0.05) is 28.1 Å². The van der Waals surface area contributed by atoms with Gasteiger partial charge in [0, 0.05) is 14.7 Å². The Morgan fingerprint density at radius 3 is 2.42 bits per heavy atom. The van der Waals surface area contributed by atoms with Crippen LogP contribution in [-0.2, 0) is 12.8 Å². The van der Waals surface area contributed by atoms with E-state index in [1.165, 1.54) is 14.9 Å². The Hall–Kier alpha value is -0.320. The van der Waals surface area contributed by atoms with Crippen LogP contribution >= 0.6 is 43.2 Å². The summed E-state index contributed by atoms with van der Waals surface area (Å²) in [6.07, 6.45) is 2.19. The van der Waals surface area contributed by atoms with E-state index in [9.17, 15) is 0 Å². The van der Waals surface area contributed by atoms with Gasteiger partial charge in [0.2, 0.25) is 0 Å². The highest BCUT2D eigenvalue weighted by Gasteiger charge is 2.12. The third-order valence-corrected chi connectivity index (χ3v) is 5.93. The molecule has 0 aliphatic carbocycles. The molecule has 0 spiro atoms. The Bertz CT molecular complexity index is 507. The van der Waals surface area contributed by atoms with Crippen LogP contribution in [-0.4, -0.2) is 12.4 Å². The fourth-order valence-corrected chi connectivity index (χ4v) is 4.10. The predicted octanol–water partition coefficient (Wildman–Crippen LogP) is 5.32. The largest absolute Gasteiger partial charge is 0.497 e. The van der Waals surface area contributed by atoms with Gasteiger partial charge in [-0.2, -0.15) is 0 Å². The maximum atomic E-state index is 5.19. The Morgan fingerprint density at radius 1 is 1.16 bits per heavy atom. The number of hydrogen-bond acceptors (Lipinski definition) is 2. The molecule has 0 amide bonds. The second kappa shape index (κ2) is 7.46. The lowest BCUT2D eigenvalue weighted by molar-refractivity contribution is 0.414. The summed E-state index contributed by atoms with van der Waals surface area (Å²) in [7, 11) is 1.70. The third-order valence-electron chi connectivity index (χ3n) is 3.07. The molecule has 4 heteroatoms. The summed E-state index contributed by atoms with van der Waals surface area (Å²) in [6, 6.07) is 10.5. The topological polar surface area (TPSA) is 9.23 Å². The van der Waals surface area contributed by atoms with E-state index in [1.54, 1.807) is 7.11 Å². The van der Waals surface area contributed by atoms with Gasteiger partial charge in [-0.25, -0.2) is 0 Å². The fraction of sp³-hybridized carbons (Fsp3) is 0.333. The van der Waals surface area contributed by atoms with Crippen molar-refractivity contribution in [3.05, 3.63) is 50.6 Å². The van der Waals surface area contributed by atoms with Crippen molar-refractivity contribution in [3.8, 4) is 5.75 Å². The van der Waals surface area contributed by atoms with E-state index in [4.69, 9.17) is 4.74 Å². The fourth-order valence-electron chi connectivity index (χ4n) is 2.01. The molecule has 0 bridgehead atoms. The maximum Gasteiger partial charge on any atom is 0.118 e. The molecule has 0 saturated carbocycles. The number of benzene rings is 1. The molecule has 2 rings (SSSR count). The minimum absolute atomic E-state index is 0.614. The molecule has 19 heavy (non-hydrogen) atoms. The monoisotopic (exact) mass is 402 g/mol. The minimum Gasteiger partial charge on any atom is -0.497 e. The number of rotatable bonds is 6. The average Bonchev–Trinajstić information content (AvgIpc) is 2.84. The zero-order valence-electron chi connectivity index (χ0n) is 10.7. The van der Waals surface area contributed by atoms with E-state index in [-0.39, 0.29) is 0 Å². The molecule has 0 aliphatic heterocycles. The summed E-state index contributed by atoms with van der Waals surface area (Å²) in [5.74, 6) is 1.53. The van der Waals surface area contributed by atoms with E-state index in [0.717, 1.165) is 23.9 Å². The van der Waals surface area contributed by atoms with Crippen LogP contribution in [0.2, 0.25) is 0 Å². The van der Waals surface area contributed by atoms with Crippen LogP contribution in [0.25, 0.3) is 0 Å². The van der Waals surface area contributed by atoms with Crippen molar-refractivity contribution in [2.24, 2.45) is 5.92 Å². The van der Waals surface area contributed by atoms with Gasteiger partial charge in [0.1, 0.15) is 5.75 Å². The lowest BCUT2D eigenvalue weighted by Gasteiger charge is -2.14. The smallest absolute Gasteiger partial charge is 0.118 e. The summed E-state index contributed by atoms with van der Waals surface area (Å²) < 4.78 is 6.42. The van der Waals surface area contributed by atoms with Gasteiger partial charge in [-0.3, -0.25) is 0 Å². The second-order valence-electron chi connectivity index (χ2n) is 4.47. The van der Waals surface area contributed by atoms with Crippen molar-refractivity contribution in [2.75, 3.05) is 12.4 Å². The lowest BCUT2D eigenvalue weighted by atomic mass is 9.97. The molecule has 0 fully saturated rings. The van der Waals surface area contributed by atoms with Gasteiger partial charge >= 0.3 is 0 Å². The molecule has 1 aromatic heterocycles. The highest BCUT2D eigenvalue weighted by atomic mass is 79.9. The summed E-state index contributed by atoms with van der Waals surface area (Å²) >= 11 is 9.07. The highest BCUT2D eigenvalue weighted by molar-refractivity contribution is 9.10. The number of ether oxygens (including phenoxy) is 1. The van der Waals surface area contributed by atoms with Crippen molar-refractivity contribution in [2.45, 2.75) is 12.8 Å². The molecule has 0 radical (unpaired) electrons. The van der Waals surface area contributed by atoms with Crippen LogP contribution in [0.5, 0.6) is 5.75 Å². The zero-order valence-corrected chi connectivity index (χ0v) is 14.7. The molecular formula is C15H16Br2OS. The molecule has 1 heterocycles. The van der Waals surface area contributed by atoms with Crippen molar-refractivity contribution >= 4 is 43.2 Å². The Kier molecular flexibility index (Phi) is 5.92.